The van der Waals surface area contributed by atoms with Gasteiger partial charge in [-0.1, -0.05) is 116 Å². The fourth-order valence-electron chi connectivity index (χ4n) is 3.50. The van der Waals surface area contributed by atoms with Crippen molar-refractivity contribution in [2.75, 3.05) is 0 Å². The van der Waals surface area contributed by atoms with E-state index in [1.54, 1.807) is 0 Å². The summed E-state index contributed by atoms with van der Waals surface area (Å²) in [5, 5.41) is 1.87. The van der Waals surface area contributed by atoms with Crippen molar-refractivity contribution in [1.82, 2.24) is 0 Å². The van der Waals surface area contributed by atoms with E-state index in [1.807, 2.05) is 0 Å². The van der Waals surface area contributed by atoms with E-state index in [0.717, 1.165) is 0 Å². The van der Waals surface area contributed by atoms with Gasteiger partial charge in [-0.15, -0.1) is 15.2 Å². The number of hydrogen-bond donors (Lipinski definition) is 0. The number of rotatable bonds is 2. The second kappa shape index (κ2) is 6.87. The molecule has 127 valence electrons. The Morgan fingerprint density at radius 1 is 0.455 bits per heavy atom. The van der Waals surface area contributed by atoms with Crippen molar-refractivity contribution >= 4 is 23.7 Å². The Bertz CT molecular complexity index is 298. The summed E-state index contributed by atoms with van der Waals surface area (Å²) in [5.41, 5.74) is 0. The quantitative estimate of drug-likeness (QED) is 0.660. The summed E-state index contributed by atoms with van der Waals surface area (Å²) in [4.78, 5) is 0. The van der Waals surface area contributed by atoms with Gasteiger partial charge in [0.1, 0.15) is 0 Å². The molecule has 22 heavy (non-hydrogen) atoms. The Hall–Kier alpha value is 1.25. The largest absolute Gasteiger partial charge is 1.00 e. The van der Waals surface area contributed by atoms with Gasteiger partial charge in [0, 0.05) is 0 Å². The molecular weight excluding hydrogens is 307 g/mol. The Morgan fingerprint density at radius 2 is 0.591 bits per heavy atom. The summed E-state index contributed by atoms with van der Waals surface area (Å²) in [6, 6.07) is 0. The molecule has 0 aromatic carbocycles. The van der Waals surface area contributed by atoms with Gasteiger partial charge in [-0.3, -0.25) is 0 Å². The van der Waals surface area contributed by atoms with Crippen LogP contribution in [0.4, 0.5) is 0 Å². The van der Waals surface area contributed by atoms with Crippen molar-refractivity contribution in [3.05, 3.63) is 0 Å². The van der Waals surface area contributed by atoms with Gasteiger partial charge in [0.2, 0.25) is 0 Å². The van der Waals surface area contributed by atoms with Crippen molar-refractivity contribution < 1.29 is 18.9 Å². The summed E-state index contributed by atoms with van der Waals surface area (Å²) >= 11 is 0. The zero-order valence-corrected chi connectivity index (χ0v) is 21.5. The monoisotopic (exact) mass is 349 g/mol. The average Bonchev–Trinajstić information content (AvgIpc) is 2.09. The maximum absolute atomic E-state index is 2.70. The first kappa shape index (κ1) is 25.5. The first-order valence-electron chi connectivity index (χ1n) is 8.50. The van der Waals surface area contributed by atoms with Gasteiger partial charge in [-0.2, -0.15) is 0 Å². The molecule has 0 bridgehead atoms. The second-order valence-corrected chi connectivity index (χ2v) is 31.1. The molecular formula is C18H42LiSi3. The molecule has 0 heterocycles. The predicted octanol–water partition coefficient (Wildman–Crippen LogP) is 4.05. The molecule has 1 radical (unpaired) electrons. The molecule has 0 aliphatic heterocycles. The van der Waals surface area contributed by atoms with E-state index >= 15 is 0 Å². The van der Waals surface area contributed by atoms with Crippen LogP contribution in [0.15, 0.2) is 0 Å². The van der Waals surface area contributed by atoms with Crippen LogP contribution in [-0.4, -0.2) is 23.7 Å². The van der Waals surface area contributed by atoms with E-state index in [1.165, 1.54) is 8.55 Å². The Morgan fingerprint density at radius 3 is 0.682 bits per heavy atom. The molecule has 4 heteroatoms. The third-order valence-electron chi connectivity index (χ3n) is 6.50. The van der Waals surface area contributed by atoms with Crippen LogP contribution in [0.3, 0.4) is 0 Å². The van der Waals surface area contributed by atoms with Gasteiger partial charge in [-0.05, 0) is 0 Å². The van der Waals surface area contributed by atoms with Gasteiger partial charge in [0.05, 0.1) is 0 Å². The van der Waals surface area contributed by atoms with Crippen molar-refractivity contribution in [1.29, 1.82) is 0 Å². The third kappa shape index (κ3) is 4.66. The normalized spacial score (nSPS) is 15.5. The average molecular weight is 350 g/mol. The molecule has 0 saturated heterocycles. The topological polar surface area (TPSA) is 0 Å². The molecule has 0 aromatic rings. The molecule has 0 fully saturated rings. The second-order valence-electron chi connectivity index (χ2n) is 11.4. The summed E-state index contributed by atoms with van der Waals surface area (Å²) in [7, 11) is -1.63. The van der Waals surface area contributed by atoms with Crippen molar-refractivity contribution in [2.24, 2.45) is 0 Å². The van der Waals surface area contributed by atoms with Gasteiger partial charge in [0.15, 0.2) is 0 Å². The van der Waals surface area contributed by atoms with Crippen LogP contribution in [0.1, 0.15) is 83.1 Å². The van der Waals surface area contributed by atoms with Gasteiger partial charge in [-0.25, -0.2) is 0 Å². The van der Waals surface area contributed by atoms with Crippen molar-refractivity contribution in [3.63, 3.8) is 0 Å². The Balaban J connectivity index is 0. The summed E-state index contributed by atoms with van der Waals surface area (Å²) in [6.45, 7) is 35.5. The first-order valence-corrected chi connectivity index (χ1v) is 16.5. The Kier molecular flexibility index (Phi) is 7.95. The standard InChI is InChI=1S/C18H42Si3.Li/c1-15(2,3)20(13,16(4,5)6)19-21(14,17(7,8)9)18(10,11)12;/h1-14H3;/q-1;+1. The van der Waals surface area contributed by atoms with Crippen LogP contribution in [0, 0.1) is 0 Å². The zero-order valence-electron chi connectivity index (χ0n) is 18.5. The minimum Gasteiger partial charge on any atom is -0.422 e. The van der Waals surface area contributed by atoms with E-state index in [2.05, 4.69) is 96.2 Å². The molecule has 0 aliphatic carbocycles. The van der Waals surface area contributed by atoms with Crippen LogP contribution >= 0.6 is 0 Å². The minimum absolute atomic E-state index is 0. The fourth-order valence-corrected chi connectivity index (χ4v) is 40.5. The summed E-state index contributed by atoms with van der Waals surface area (Å²) < 4.78 is 0. The first-order chi connectivity index (χ1) is 8.71. The SMILES string of the molecule is CC(C)(C)[Si](C)([Si-][Si](C)(C(C)(C)C)C(C)(C)C)C(C)(C)C.[Li+]. The smallest absolute Gasteiger partial charge is 0.422 e. The van der Waals surface area contributed by atoms with E-state index in [-0.39, 0.29) is 18.9 Å². The molecule has 0 unspecified atom stereocenters. The molecule has 0 aliphatic rings. The summed E-state index contributed by atoms with van der Waals surface area (Å²) in [5.74, 6) is 0. The fraction of sp³-hybridized carbons (Fsp3) is 1.00. The molecule has 0 atom stereocenters. The van der Waals surface area contributed by atoms with Crippen LogP contribution in [0.2, 0.25) is 33.2 Å². The minimum atomic E-state index is -1.42. The molecule has 0 rings (SSSR count). The predicted molar refractivity (Wildman–Crippen MR) is 108 cm³/mol. The van der Waals surface area contributed by atoms with E-state index < -0.39 is 15.2 Å². The maximum Gasteiger partial charge on any atom is 1.00 e. The van der Waals surface area contributed by atoms with E-state index in [9.17, 15) is 0 Å². The van der Waals surface area contributed by atoms with Crippen LogP contribution < -0.4 is 18.9 Å². The summed E-state index contributed by atoms with van der Waals surface area (Å²) in [6.07, 6.45) is 0. The van der Waals surface area contributed by atoms with Gasteiger partial charge < -0.3 is 8.55 Å². The third-order valence-corrected chi connectivity index (χ3v) is 40.5. The molecule has 0 aromatic heterocycles. The van der Waals surface area contributed by atoms with Crippen LogP contribution in [0.25, 0.3) is 0 Å². The molecule has 0 spiro atoms. The van der Waals surface area contributed by atoms with Crippen LogP contribution in [0.5, 0.6) is 0 Å². The van der Waals surface area contributed by atoms with Crippen molar-refractivity contribution in [3.8, 4) is 0 Å². The van der Waals surface area contributed by atoms with E-state index in [0.29, 0.717) is 20.2 Å². The zero-order chi connectivity index (χ0) is 17.7. The van der Waals surface area contributed by atoms with Gasteiger partial charge >= 0.3 is 18.9 Å². The maximum atomic E-state index is 2.70. The molecule has 0 amide bonds. The van der Waals surface area contributed by atoms with Crippen molar-refractivity contribution in [2.45, 2.75) is 116 Å². The van der Waals surface area contributed by atoms with E-state index in [4.69, 9.17) is 0 Å². The van der Waals surface area contributed by atoms with Gasteiger partial charge in [0.25, 0.3) is 0 Å². The Labute approximate surface area is 158 Å². The molecule has 0 saturated carbocycles. The molecule has 0 N–H and O–H groups in total. The number of hydrogen-bond acceptors (Lipinski definition) is 0. The van der Waals surface area contributed by atoms with Crippen LogP contribution in [-0.2, 0) is 0 Å². The molecule has 0 nitrogen and oxygen atoms in total.